The van der Waals surface area contributed by atoms with E-state index in [1.165, 1.54) is 8.87 Å². The average molecular weight is 497 g/mol. The van der Waals surface area contributed by atoms with Crippen LogP contribution in [0, 0.1) is 12.8 Å². The molecule has 1 aliphatic rings. The van der Waals surface area contributed by atoms with Gasteiger partial charge >= 0.3 is 6.09 Å². The van der Waals surface area contributed by atoms with Crippen molar-refractivity contribution in [2.45, 2.75) is 56.7 Å². The normalized spacial score (nSPS) is 21.3. The van der Waals surface area contributed by atoms with Crippen molar-refractivity contribution in [3.63, 3.8) is 0 Å². The van der Waals surface area contributed by atoms with Gasteiger partial charge in [-0.1, -0.05) is 42.0 Å². The molecule has 3 aromatic rings. The maximum absolute atomic E-state index is 13.9. The standard InChI is InChI=1S/C27H32N2O5S/c1-6-20-15-19(17-30)25(29(20)35(32,33)21-13-11-18(2)12-14-21)23-16-28(26(31)34-27(3,4)5)24-10-8-7-9-22(23)24/h6-14,16,19-20,25,30H,1,15,17H2,2-5H3/t19-,20-,25-/m1/s1. The van der Waals surface area contributed by atoms with Crippen LogP contribution in [0.15, 0.2) is 72.3 Å². The molecule has 1 aliphatic heterocycles. The van der Waals surface area contributed by atoms with Crippen LogP contribution in [0.1, 0.15) is 44.4 Å². The van der Waals surface area contributed by atoms with Crippen LogP contribution in [0.25, 0.3) is 10.9 Å². The lowest BCUT2D eigenvalue weighted by Crippen LogP contribution is -2.37. The molecular formula is C27H32N2O5S. The second-order valence-electron chi connectivity index (χ2n) is 10.0. The van der Waals surface area contributed by atoms with E-state index in [0.29, 0.717) is 17.5 Å². The van der Waals surface area contributed by atoms with Crippen molar-refractivity contribution in [3.8, 4) is 0 Å². The maximum Gasteiger partial charge on any atom is 0.419 e. The highest BCUT2D eigenvalue weighted by Gasteiger charge is 2.48. The summed E-state index contributed by atoms with van der Waals surface area (Å²) in [5.74, 6) is -0.379. The molecule has 4 rings (SSSR count). The number of ether oxygens (including phenoxy) is 1. The van der Waals surface area contributed by atoms with Crippen molar-refractivity contribution in [3.05, 3.63) is 78.5 Å². The molecule has 0 radical (unpaired) electrons. The first kappa shape index (κ1) is 25.2. The molecule has 2 heterocycles. The van der Waals surface area contributed by atoms with Crippen molar-refractivity contribution in [2.75, 3.05) is 6.61 Å². The Balaban J connectivity index is 1.90. The first-order valence-electron chi connectivity index (χ1n) is 11.6. The summed E-state index contributed by atoms with van der Waals surface area (Å²) in [6.45, 7) is 10.9. The Morgan fingerprint density at radius 3 is 2.43 bits per heavy atom. The van der Waals surface area contributed by atoms with Crippen molar-refractivity contribution in [1.82, 2.24) is 8.87 Å². The largest absolute Gasteiger partial charge is 0.443 e. The molecule has 7 nitrogen and oxygen atoms in total. The highest BCUT2D eigenvalue weighted by atomic mass is 32.2. The van der Waals surface area contributed by atoms with Crippen molar-refractivity contribution in [1.29, 1.82) is 0 Å². The van der Waals surface area contributed by atoms with E-state index < -0.39 is 33.8 Å². The predicted octanol–water partition coefficient (Wildman–Crippen LogP) is 5.03. The Morgan fingerprint density at radius 2 is 1.83 bits per heavy atom. The van der Waals surface area contributed by atoms with Crippen molar-refractivity contribution >= 4 is 27.0 Å². The number of aromatic nitrogens is 1. The molecule has 186 valence electrons. The van der Waals surface area contributed by atoms with E-state index >= 15 is 0 Å². The van der Waals surface area contributed by atoms with E-state index in [4.69, 9.17) is 4.74 Å². The third-order valence-corrected chi connectivity index (χ3v) is 8.27. The topological polar surface area (TPSA) is 88.8 Å². The number of carbonyl (C=O) groups excluding carboxylic acids is 1. The van der Waals surface area contributed by atoms with Gasteiger partial charge in [0.25, 0.3) is 0 Å². The van der Waals surface area contributed by atoms with Crippen LogP contribution in [-0.2, 0) is 14.8 Å². The van der Waals surface area contributed by atoms with Gasteiger partial charge in [-0.25, -0.2) is 13.2 Å². The molecule has 1 fully saturated rings. The van der Waals surface area contributed by atoms with Gasteiger partial charge in [0.05, 0.1) is 16.5 Å². The molecule has 2 aromatic carbocycles. The molecule has 0 spiro atoms. The van der Waals surface area contributed by atoms with Crippen molar-refractivity contribution < 1.29 is 23.1 Å². The molecule has 0 bridgehead atoms. The molecule has 1 saturated heterocycles. The zero-order valence-electron chi connectivity index (χ0n) is 20.5. The summed E-state index contributed by atoms with van der Waals surface area (Å²) < 4.78 is 36.3. The lowest BCUT2D eigenvalue weighted by molar-refractivity contribution is 0.0544. The summed E-state index contributed by atoms with van der Waals surface area (Å²) in [6, 6.07) is 12.8. The SMILES string of the molecule is C=C[C@@H]1C[C@H](CO)[C@H](c2cn(C(=O)OC(C)(C)C)c3ccccc23)N1S(=O)(=O)c1ccc(C)cc1. The number of benzene rings is 2. The predicted molar refractivity (Wildman–Crippen MR) is 136 cm³/mol. The number of aryl methyl sites for hydroxylation is 1. The molecule has 0 aliphatic carbocycles. The second-order valence-corrected chi connectivity index (χ2v) is 11.9. The molecule has 1 N–H and O–H groups in total. The smallest absolute Gasteiger partial charge is 0.419 e. The summed E-state index contributed by atoms with van der Waals surface area (Å²) in [7, 11) is -3.94. The van der Waals surface area contributed by atoms with Gasteiger partial charge in [0.2, 0.25) is 10.0 Å². The van der Waals surface area contributed by atoms with Gasteiger partial charge < -0.3 is 9.84 Å². The quantitative estimate of drug-likeness (QED) is 0.501. The highest BCUT2D eigenvalue weighted by molar-refractivity contribution is 7.89. The Morgan fingerprint density at radius 1 is 1.17 bits per heavy atom. The van der Waals surface area contributed by atoms with Crippen LogP contribution in [-0.4, -0.2) is 46.7 Å². The van der Waals surface area contributed by atoms with Crippen LogP contribution in [0.3, 0.4) is 0 Å². The number of aliphatic hydroxyl groups excluding tert-OH is 1. The number of nitrogens with zero attached hydrogens (tertiary/aromatic N) is 2. The first-order chi connectivity index (χ1) is 16.5. The minimum Gasteiger partial charge on any atom is -0.443 e. The zero-order chi connectivity index (χ0) is 25.5. The molecule has 3 atom stereocenters. The van der Waals surface area contributed by atoms with E-state index in [-0.39, 0.29) is 17.4 Å². The van der Waals surface area contributed by atoms with Crippen LogP contribution < -0.4 is 0 Å². The van der Waals surface area contributed by atoms with Gasteiger partial charge in [0.15, 0.2) is 0 Å². The Bertz CT molecular complexity index is 1350. The average Bonchev–Trinajstić information content (AvgIpc) is 3.37. The van der Waals surface area contributed by atoms with E-state index in [1.54, 1.807) is 63.4 Å². The summed E-state index contributed by atoms with van der Waals surface area (Å²) in [5, 5.41) is 11.0. The van der Waals surface area contributed by atoms with Crippen LogP contribution in [0.4, 0.5) is 4.79 Å². The zero-order valence-corrected chi connectivity index (χ0v) is 21.3. The summed E-state index contributed by atoms with van der Waals surface area (Å²) in [5.41, 5.74) is 1.52. The highest BCUT2D eigenvalue weighted by Crippen LogP contribution is 2.47. The van der Waals surface area contributed by atoms with Crippen LogP contribution in [0.2, 0.25) is 0 Å². The number of aliphatic hydroxyl groups is 1. The van der Waals surface area contributed by atoms with Gasteiger partial charge in [-0.15, -0.1) is 6.58 Å². The Labute approximate surface area is 206 Å². The number of sulfonamides is 1. The van der Waals surface area contributed by atoms with E-state index in [0.717, 1.165) is 10.9 Å². The summed E-state index contributed by atoms with van der Waals surface area (Å²) in [6.07, 6.45) is 3.13. The molecule has 0 amide bonds. The maximum atomic E-state index is 13.9. The number of rotatable bonds is 5. The summed E-state index contributed by atoms with van der Waals surface area (Å²) in [4.78, 5) is 13.2. The van der Waals surface area contributed by atoms with Crippen molar-refractivity contribution in [2.24, 2.45) is 5.92 Å². The number of hydrogen-bond acceptors (Lipinski definition) is 5. The first-order valence-corrected chi connectivity index (χ1v) is 13.1. The fourth-order valence-corrected chi connectivity index (χ4v) is 6.62. The third kappa shape index (κ3) is 4.66. The molecule has 35 heavy (non-hydrogen) atoms. The molecule has 8 heteroatoms. The Hall–Kier alpha value is -2.94. The summed E-state index contributed by atoms with van der Waals surface area (Å²) >= 11 is 0. The Kier molecular flexibility index (Phi) is 6.66. The van der Waals surface area contributed by atoms with Gasteiger partial charge in [-0.2, -0.15) is 4.31 Å². The lowest BCUT2D eigenvalue weighted by Gasteiger charge is -2.29. The minimum absolute atomic E-state index is 0.175. The number of fused-ring (bicyclic) bond motifs is 1. The second kappa shape index (κ2) is 9.26. The van der Waals surface area contributed by atoms with Gasteiger partial charge in [0, 0.05) is 30.1 Å². The monoisotopic (exact) mass is 496 g/mol. The third-order valence-electron chi connectivity index (χ3n) is 6.35. The van der Waals surface area contributed by atoms with Gasteiger partial charge in [0.1, 0.15) is 5.60 Å². The lowest BCUT2D eigenvalue weighted by atomic mass is 9.94. The van der Waals surface area contributed by atoms with Crippen LogP contribution in [0.5, 0.6) is 0 Å². The van der Waals surface area contributed by atoms with E-state index in [2.05, 4.69) is 6.58 Å². The van der Waals surface area contributed by atoms with Gasteiger partial charge in [-0.3, -0.25) is 4.57 Å². The fraction of sp³-hybridized carbons (Fsp3) is 0.370. The molecule has 0 unspecified atom stereocenters. The van der Waals surface area contributed by atoms with E-state index in [1.807, 2.05) is 25.1 Å². The fourth-order valence-electron chi connectivity index (χ4n) is 4.79. The molecular weight excluding hydrogens is 464 g/mol. The number of hydrogen-bond donors (Lipinski definition) is 1. The van der Waals surface area contributed by atoms with Gasteiger partial charge in [-0.05, 0) is 57.9 Å². The number of carbonyl (C=O) groups is 1. The molecule has 1 aromatic heterocycles. The van der Waals surface area contributed by atoms with E-state index in [9.17, 15) is 18.3 Å². The molecule has 0 saturated carbocycles. The number of para-hydroxylation sites is 1. The minimum atomic E-state index is -3.94. The van der Waals surface area contributed by atoms with Crippen LogP contribution >= 0.6 is 0 Å².